The molecule has 170 valence electrons. The quantitative estimate of drug-likeness (QED) is 0.315. The molecule has 0 saturated carbocycles. The number of carbonyl (C=O) groups is 4. The summed E-state index contributed by atoms with van der Waals surface area (Å²) in [5.74, 6) is -2.75. The van der Waals surface area contributed by atoms with Crippen LogP contribution >= 0.6 is 0 Å². The molecule has 3 aromatic carbocycles. The van der Waals surface area contributed by atoms with Gasteiger partial charge in [-0.1, -0.05) is 36.4 Å². The smallest absolute Gasteiger partial charge is 0.269 e. The normalized spacial score (nSPS) is 13.4. The van der Waals surface area contributed by atoms with Crippen LogP contribution in [-0.2, 0) is 11.2 Å². The first-order valence-electron chi connectivity index (χ1n) is 10.2. The average Bonchev–Trinajstić information content (AvgIpc) is 3.08. The third-order valence-corrected chi connectivity index (χ3v) is 5.47. The number of nitrogens with zero attached hydrogens (tertiary/aromatic N) is 2. The van der Waals surface area contributed by atoms with Crippen molar-refractivity contribution >= 4 is 35.0 Å². The first-order chi connectivity index (χ1) is 16.3. The predicted octanol–water partition coefficient (Wildman–Crippen LogP) is 2.54. The van der Waals surface area contributed by atoms with Gasteiger partial charge in [-0.05, 0) is 29.8 Å². The van der Waals surface area contributed by atoms with Gasteiger partial charge in [-0.25, -0.2) is 0 Å². The molecule has 3 N–H and O–H groups in total. The van der Waals surface area contributed by atoms with Crippen LogP contribution in [0.2, 0.25) is 0 Å². The maximum Gasteiger partial charge on any atom is 0.269 e. The van der Waals surface area contributed by atoms with Gasteiger partial charge in [0.25, 0.3) is 23.4 Å². The van der Waals surface area contributed by atoms with Crippen molar-refractivity contribution < 1.29 is 24.1 Å². The fourth-order valence-corrected chi connectivity index (χ4v) is 3.79. The Morgan fingerprint density at radius 1 is 0.912 bits per heavy atom. The van der Waals surface area contributed by atoms with Crippen LogP contribution in [0.25, 0.3) is 0 Å². The SMILES string of the molecule is NC(=O)c1ccccc1NC(=O)[C@H](Cc1ccc([N+](=O)[O-])cc1)N1C(=O)c2ccccc2C1=O. The van der Waals surface area contributed by atoms with Crippen LogP contribution in [0.3, 0.4) is 0 Å². The van der Waals surface area contributed by atoms with Crippen molar-refractivity contribution in [3.63, 3.8) is 0 Å². The zero-order valence-corrected chi connectivity index (χ0v) is 17.6. The Bertz CT molecular complexity index is 1300. The second kappa shape index (κ2) is 8.94. The maximum absolute atomic E-state index is 13.4. The number of nitro benzene ring substituents is 1. The van der Waals surface area contributed by atoms with Gasteiger partial charge in [0, 0.05) is 18.6 Å². The molecule has 10 nitrogen and oxygen atoms in total. The summed E-state index contributed by atoms with van der Waals surface area (Å²) in [5.41, 5.74) is 6.28. The Balaban J connectivity index is 1.70. The van der Waals surface area contributed by atoms with Crippen LogP contribution in [-0.4, -0.2) is 39.5 Å². The van der Waals surface area contributed by atoms with E-state index in [1.54, 1.807) is 24.3 Å². The van der Waals surface area contributed by atoms with Gasteiger partial charge in [0.2, 0.25) is 5.91 Å². The number of nitrogens with two attached hydrogens (primary N) is 1. The van der Waals surface area contributed by atoms with E-state index in [2.05, 4.69) is 5.32 Å². The number of non-ortho nitro benzene ring substituents is 1. The molecule has 4 rings (SSSR count). The van der Waals surface area contributed by atoms with Gasteiger partial charge in [0.1, 0.15) is 6.04 Å². The van der Waals surface area contributed by atoms with E-state index in [-0.39, 0.29) is 34.5 Å². The molecular formula is C24H18N4O6. The number of hydrogen-bond donors (Lipinski definition) is 2. The molecule has 0 aromatic heterocycles. The van der Waals surface area contributed by atoms with Crippen LogP contribution in [0.15, 0.2) is 72.8 Å². The molecule has 4 amide bonds. The minimum atomic E-state index is -1.30. The number of nitrogens with one attached hydrogen (secondary N) is 1. The van der Waals surface area contributed by atoms with E-state index in [0.29, 0.717) is 5.56 Å². The molecule has 1 heterocycles. The third-order valence-electron chi connectivity index (χ3n) is 5.47. The van der Waals surface area contributed by atoms with Crippen LogP contribution in [0.1, 0.15) is 36.6 Å². The number of primary amides is 1. The zero-order valence-electron chi connectivity index (χ0n) is 17.6. The summed E-state index contributed by atoms with van der Waals surface area (Å²) in [6, 6.07) is 16.5. The van der Waals surface area contributed by atoms with Crippen LogP contribution in [0.4, 0.5) is 11.4 Å². The van der Waals surface area contributed by atoms with Gasteiger partial charge in [-0.15, -0.1) is 0 Å². The summed E-state index contributed by atoms with van der Waals surface area (Å²) < 4.78 is 0. The number of benzene rings is 3. The molecule has 10 heteroatoms. The molecule has 34 heavy (non-hydrogen) atoms. The third kappa shape index (κ3) is 4.11. The Kier molecular flexibility index (Phi) is 5.88. The Morgan fingerprint density at radius 2 is 1.47 bits per heavy atom. The topological polar surface area (TPSA) is 153 Å². The van der Waals surface area contributed by atoms with Gasteiger partial charge < -0.3 is 11.1 Å². The van der Waals surface area contributed by atoms with Gasteiger partial charge in [-0.2, -0.15) is 0 Å². The molecular weight excluding hydrogens is 440 g/mol. The Morgan fingerprint density at radius 3 is 2.03 bits per heavy atom. The summed E-state index contributed by atoms with van der Waals surface area (Å²) in [6.07, 6.45) is -0.103. The summed E-state index contributed by atoms with van der Waals surface area (Å²) in [6.45, 7) is 0. The highest BCUT2D eigenvalue weighted by atomic mass is 16.6. The van der Waals surface area contributed by atoms with Crippen molar-refractivity contribution in [3.05, 3.63) is 105 Å². The number of amides is 4. The number of nitro groups is 1. The lowest BCUT2D eigenvalue weighted by molar-refractivity contribution is -0.384. The van der Waals surface area contributed by atoms with E-state index in [9.17, 15) is 29.3 Å². The second-order valence-electron chi connectivity index (χ2n) is 7.57. The van der Waals surface area contributed by atoms with E-state index >= 15 is 0 Å². The van der Waals surface area contributed by atoms with E-state index in [1.807, 2.05) is 0 Å². The first kappa shape index (κ1) is 22.3. The zero-order chi connectivity index (χ0) is 24.4. The molecule has 0 saturated heterocycles. The lowest BCUT2D eigenvalue weighted by Gasteiger charge is -2.26. The predicted molar refractivity (Wildman–Crippen MR) is 121 cm³/mol. The monoisotopic (exact) mass is 458 g/mol. The highest BCUT2D eigenvalue weighted by Gasteiger charge is 2.42. The standard InChI is InChI=1S/C24H18N4O6/c25-21(29)18-7-3-4-8-19(18)26-22(30)20(13-14-9-11-15(12-10-14)28(33)34)27-23(31)16-5-1-2-6-17(16)24(27)32/h1-12,20H,13H2,(H2,25,29)(H,26,30)/t20-/m0/s1. The molecule has 0 bridgehead atoms. The number of anilines is 1. The number of imide groups is 1. The molecule has 0 aliphatic carbocycles. The number of fused-ring (bicyclic) bond motifs is 1. The molecule has 1 aliphatic heterocycles. The van der Waals surface area contributed by atoms with Crippen LogP contribution < -0.4 is 11.1 Å². The Labute approximate surface area is 193 Å². The summed E-state index contributed by atoms with van der Waals surface area (Å²) >= 11 is 0. The van der Waals surface area contributed by atoms with E-state index in [4.69, 9.17) is 5.73 Å². The lowest BCUT2D eigenvalue weighted by atomic mass is 10.0. The van der Waals surface area contributed by atoms with E-state index in [0.717, 1.165) is 4.90 Å². The van der Waals surface area contributed by atoms with Gasteiger partial charge >= 0.3 is 0 Å². The maximum atomic E-state index is 13.4. The van der Waals surface area contributed by atoms with Crippen molar-refractivity contribution in [2.24, 2.45) is 5.73 Å². The second-order valence-corrected chi connectivity index (χ2v) is 7.57. The largest absolute Gasteiger partial charge is 0.366 e. The van der Waals surface area contributed by atoms with Gasteiger partial charge in [0.15, 0.2) is 0 Å². The van der Waals surface area contributed by atoms with Crippen LogP contribution in [0, 0.1) is 10.1 Å². The van der Waals surface area contributed by atoms with Gasteiger partial charge in [0.05, 0.1) is 27.3 Å². The molecule has 1 atom stereocenters. The molecule has 0 spiro atoms. The number of para-hydroxylation sites is 1. The number of carbonyl (C=O) groups excluding carboxylic acids is 4. The lowest BCUT2D eigenvalue weighted by Crippen LogP contribution is -2.48. The number of hydrogen-bond acceptors (Lipinski definition) is 6. The average molecular weight is 458 g/mol. The summed E-state index contributed by atoms with van der Waals surface area (Å²) in [5, 5.41) is 13.6. The van der Waals surface area contributed by atoms with Crippen molar-refractivity contribution in [1.82, 2.24) is 4.90 Å². The molecule has 3 aromatic rings. The molecule has 1 aliphatic rings. The highest BCUT2D eigenvalue weighted by molar-refractivity contribution is 6.23. The first-order valence-corrected chi connectivity index (χ1v) is 10.2. The molecule has 0 radical (unpaired) electrons. The summed E-state index contributed by atoms with van der Waals surface area (Å²) in [4.78, 5) is 62.6. The minimum Gasteiger partial charge on any atom is -0.366 e. The summed E-state index contributed by atoms with van der Waals surface area (Å²) in [7, 11) is 0. The Hall–Kier alpha value is -4.86. The van der Waals surface area contributed by atoms with Crippen molar-refractivity contribution in [3.8, 4) is 0 Å². The fourth-order valence-electron chi connectivity index (χ4n) is 3.79. The van der Waals surface area contributed by atoms with Crippen molar-refractivity contribution in [2.45, 2.75) is 12.5 Å². The van der Waals surface area contributed by atoms with Crippen molar-refractivity contribution in [1.29, 1.82) is 0 Å². The fraction of sp³-hybridized carbons (Fsp3) is 0.0833. The molecule has 0 fully saturated rings. The van der Waals surface area contributed by atoms with Crippen molar-refractivity contribution in [2.75, 3.05) is 5.32 Å². The van der Waals surface area contributed by atoms with E-state index < -0.39 is 34.6 Å². The minimum absolute atomic E-state index is 0.0623. The van der Waals surface area contributed by atoms with Crippen LogP contribution in [0.5, 0.6) is 0 Å². The van der Waals surface area contributed by atoms with Gasteiger partial charge in [-0.3, -0.25) is 34.2 Å². The highest BCUT2D eigenvalue weighted by Crippen LogP contribution is 2.27. The number of rotatable bonds is 7. The van der Waals surface area contributed by atoms with E-state index in [1.165, 1.54) is 48.5 Å². The molecule has 0 unspecified atom stereocenters.